The number of esters is 1. The van der Waals surface area contributed by atoms with Crippen LogP contribution in [0.25, 0.3) is 0 Å². The van der Waals surface area contributed by atoms with E-state index in [1.54, 1.807) is 0 Å². The van der Waals surface area contributed by atoms with Gasteiger partial charge in [0.15, 0.2) is 0 Å². The largest absolute Gasteiger partial charge is 0.465 e. The molecule has 1 heterocycles. The van der Waals surface area contributed by atoms with Gasteiger partial charge in [0.2, 0.25) is 0 Å². The summed E-state index contributed by atoms with van der Waals surface area (Å²) in [5.41, 5.74) is 1.87. The lowest BCUT2D eigenvalue weighted by Gasteiger charge is -2.08. The fourth-order valence-electron chi connectivity index (χ4n) is 2.36. The molecule has 2 aliphatic rings. The van der Waals surface area contributed by atoms with E-state index < -0.39 is 0 Å². The Labute approximate surface area is 96.6 Å². The Morgan fingerprint density at radius 1 is 1.44 bits per heavy atom. The standard InChI is InChI=1S/C13H19NO2/c1-16-13(15)12-7-5-3-2-4-6-11-8-10(12)9-14-11/h7-8,11,14H,2-6,9H2,1H3/b12-7+. The third-order valence-corrected chi connectivity index (χ3v) is 3.28. The Morgan fingerprint density at radius 2 is 2.31 bits per heavy atom. The second-order valence-corrected chi connectivity index (χ2v) is 4.43. The van der Waals surface area contributed by atoms with E-state index in [0.29, 0.717) is 6.04 Å². The van der Waals surface area contributed by atoms with Gasteiger partial charge in [0.1, 0.15) is 0 Å². The van der Waals surface area contributed by atoms with Gasteiger partial charge in [-0.05, 0) is 24.8 Å². The van der Waals surface area contributed by atoms with Crippen LogP contribution in [0.4, 0.5) is 0 Å². The summed E-state index contributed by atoms with van der Waals surface area (Å²) in [6.45, 7) is 0.797. The van der Waals surface area contributed by atoms with E-state index in [-0.39, 0.29) is 5.97 Å². The predicted octanol–water partition coefficient (Wildman–Crippen LogP) is 1.95. The molecule has 3 heteroatoms. The Balaban J connectivity index is 2.20. The molecule has 0 spiro atoms. The molecule has 1 aliphatic heterocycles. The number of nitrogens with one attached hydrogen (secondary N) is 1. The molecule has 0 aromatic carbocycles. The summed E-state index contributed by atoms with van der Waals surface area (Å²) in [6.07, 6.45) is 10.1. The zero-order valence-corrected chi connectivity index (χ0v) is 9.79. The number of fused-ring (bicyclic) bond motifs is 1. The average molecular weight is 221 g/mol. The van der Waals surface area contributed by atoms with Crippen LogP contribution in [-0.4, -0.2) is 25.7 Å². The highest BCUT2D eigenvalue weighted by Gasteiger charge is 2.22. The second-order valence-electron chi connectivity index (χ2n) is 4.43. The maximum absolute atomic E-state index is 11.7. The van der Waals surface area contributed by atoms with Crippen LogP contribution in [0.3, 0.4) is 0 Å². The highest BCUT2D eigenvalue weighted by atomic mass is 16.5. The number of methoxy groups -OCH3 is 1. The van der Waals surface area contributed by atoms with Crippen molar-refractivity contribution in [2.45, 2.75) is 38.1 Å². The van der Waals surface area contributed by atoms with Crippen molar-refractivity contribution in [1.82, 2.24) is 5.32 Å². The number of rotatable bonds is 1. The maximum Gasteiger partial charge on any atom is 0.337 e. The van der Waals surface area contributed by atoms with E-state index in [1.165, 1.54) is 32.8 Å². The van der Waals surface area contributed by atoms with E-state index in [0.717, 1.165) is 24.1 Å². The Bertz CT molecular complexity index is 331. The molecule has 0 aromatic rings. The van der Waals surface area contributed by atoms with Gasteiger partial charge in [-0.25, -0.2) is 4.79 Å². The summed E-state index contributed by atoms with van der Waals surface area (Å²) in [7, 11) is 1.45. The van der Waals surface area contributed by atoms with Crippen molar-refractivity contribution in [2.75, 3.05) is 13.7 Å². The molecule has 0 amide bonds. The molecule has 0 radical (unpaired) electrons. The lowest BCUT2D eigenvalue weighted by Crippen LogP contribution is -2.22. The second kappa shape index (κ2) is 5.30. The lowest BCUT2D eigenvalue weighted by atomic mass is 10.00. The van der Waals surface area contributed by atoms with Gasteiger partial charge in [0, 0.05) is 12.6 Å². The summed E-state index contributed by atoms with van der Waals surface area (Å²) < 4.78 is 4.83. The molecule has 2 bridgehead atoms. The highest BCUT2D eigenvalue weighted by Crippen LogP contribution is 2.22. The first-order valence-electron chi connectivity index (χ1n) is 6.04. The van der Waals surface area contributed by atoms with Crippen molar-refractivity contribution in [3.05, 3.63) is 23.3 Å². The maximum atomic E-state index is 11.7. The minimum Gasteiger partial charge on any atom is -0.465 e. The van der Waals surface area contributed by atoms with Crippen LogP contribution in [0.2, 0.25) is 0 Å². The van der Waals surface area contributed by atoms with Crippen LogP contribution >= 0.6 is 0 Å². The summed E-state index contributed by atoms with van der Waals surface area (Å²) in [6, 6.07) is 0.446. The van der Waals surface area contributed by atoms with Crippen molar-refractivity contribution in [1.29, 1.82) is 0 Å². The monoisotopic (exact) mass is 221 g/mol. The number of hydrogen-bond donors (Lipinski definition) is 1. The smallest absolute Gasteiger partial charge is 0.337 e. The van der Waals surface area contributed by atoms with Gasteiger partial charge in [0.25, 0.3) is 0 Å². The molecule has 0 saturated heterocycles. The molecule has 1 N–H and O–H groups in total. The Hall–Kier alpha value is -1.09. The normalized spacial score (nSPS) is 28.9. The summed E-state index contributed by atoms with van der Waals surface area (Å²) in [4.78, 5) is 11.7. The van der Waals surface area contributed by atoms with E-state index in [1.807, 2.05) is 6.08 Å². The van der Waals surface area contributed by atoms with E-state index in [9.17, 15) is 4.79 Å². The molecule has 0 fully saturated rings. The fourth-order valence-corrected chi connectivity index (χ4v) is 2.36. The summed E-state index contributed by atoms with van der Waals surface area (Å²) >= 11 is 0. The minimum absolute atomic E-state index is 0.200. The van der Waals surface area contributed by atoms with Crippen molar-refractivity contribution in [2.24, 2.45) is 0 Å². The minimum atomic E-state index is -0.200. The van der Waals surface area contributed by atoms with Gasteiger partial charge in [-0.2, -0.15) is 0 Å². The Kier molecular flexibility index (Phi) is 3.78. The zero-order valence-electron chi connectivity index (χ0n) is 9.79. The van der Waals surface area contributed by atoms with Crippen LogP contribution in [-0.2, 0) is 9.53 Å². The highest BCUT2D eigenvalue weighted by molar-refractivity contribution is 5.93. The van der Waals surface area contributed by atoms with Crippen molar-refractivity contribution >= 4 is 5.97 Å². The van der Waals surface area contributed by atoms with Gasteiger partial charge in [0.05, 0.1) is 12.7 Å². The summed E-state index contributed by atoms with van der Waals surface area (Å²) in [5.74, 6) is -0.200. The van der Waals surface area contributed by atoms with E-state index in [2.05, 4.69) is 11.4 Å². The number of carbonyl (C=O) groups excluding carboxylic acids is 1. The van der Waals surface area contributed by atoms with Crippen LogP contribution in [0, 0.1) is 0 Å². The number of ether oxygens (including phenoxy) is 1. The van der Waals surface area contributed by atoms with Crippen molar-refractivity contribution in [3.8, 4) is 0 Å². The van der Waals surface area contributed by atoms with Gasteiger partial charge in [-0.15, -0.1) is 0 Å². The molecule has 3 nitrogen and oxygen atoms in total. The molecule has 0 saturated carbocycles. The van der Waals surface area contributed by atoms with E-state index in [4.69, 9.17) is 4.74 Å². The first kappa shape index (κ1) is 11.4. The molecular weight excluding hydrogens is 202 g/mol. The fraction of sp³-hybridized carbons (Fsp3) is 0.615. The van der Waals surface area contributed by atoms with Gasteiger partial charge in [-0.3, -0.25) is 0 Å². The molecular formula is C13H19NO2. The van der Waals surface area contributed by atoms with Gasteiger partial charge in [-0.1, -0.05) is 25.0 Å². The molecule has 16 heavy (non-hydrogen) atoms. The van der Waals surface area contributed by atoms with Crippen molar-refractivity contribution in [3.63, 3.8) is 0 Å². The zero-order chi connectivity index (χ0) is 11.4. The molecule has 2 rings (SSSR count). The van der Waals surface area contributed by atoms with Crippen LogP contribution in [0.1, 0.15) is 32.1 Å². The first-order valence-corrected chi connectivity index (χ1v) is 6.04. The number of carbonyl (C=O) groups is 1. The lowest BCUT2D eigenvalue weighted by molar-refractivity contribution is -0.135. The SMILES string of the molecule is COC(=O)/C1=C/CCCCCC2C=C1CN2. The van der Waals surface area contributed by atoms with Gasteiger partial charge < -0.3 is 10.1 Å². The molecule has 88 valence electrons. The van der Waals surface area contributed by atoms with Crippen LogP contribution < -0.4 is 5.32 Å². The third kappa shape index (κ3) is 2.53. The summed E-state index contributed by atoms with van der Waals surface area (Å²) in [5, 5.41) is 3.42. The molecule has 1 aliphatic carbocycles. The number of allylic oxidation sites excluding steroid dienone is 1. The van der Waals surface area contributed by atoms with E-state index >= 15 is 0 Å². The Morgan fingerprint density at radius 3 is 3.12 bits per heavy atom. The van der Waals surface area contributed by atoms with Crippen LogP contribution in [0.15, 0.2) is 23.3 Å². The van der Waals surface area contributed by atoms with Crippen molar-refractivity contribution < 1.29 is 9.53 Å². The van der Waals surface area contributed by atoms with Gasteiger partial charge >= 0.3 is 5.97 Å². The van der Waals surface area contributed by atoms with Crippen LogP contribution in [0.5, 0.6) is 0 Å². The molecule has 1 atom stereocenters. The first-order chi connectivity index (χ1) is 7.81. The predicted molar refractivity (Wildman–Crippen MR) is 63.1 cm³/mol. The molecule has 1 unspecified atom stereocenters. The quantitative estimate of drug-likeness (QED) is 0.688. The number of hydrogen-bond acceptors (Lipinski definition) is 3. The third-order valence-electron chi connectivity index (χ3n) is 3.28. The topological polar surface area (TPSA) is 38.3 Å². The molecule has 0 aromatic heterocycles. The average Bonchev–Trinajstić information content (AvgIpc) is 2.75.